The van der Waals surface area contributed by atoms with E-state index in [0.29, 0.717) is 0 Å². The van der Waals surface area contributed by atoms with E-state index in [9.17, 15) is 9.90 Å². The smallest absolute Gasteiger partial charge is 0.325 e. The molecule has 0 amide bonds. The lowest BCUT2D eigenvalue weighted by molar-refractivity contribution is -0.139. The van der Waals surface area contributed by atoms with Crippen LogP contribution in [0.25, 0.3) is 0 Å². The lowest BCUT2D eigenvalue weighted by atomic mass is 9.88. The van der Waals surface area contributed by atoms with Crippen LogP contribution in [0.1, 0.15) is 43.7 Å². The van der Waals surface area contributed by atoms with E-state index in [1.807, 2.05) is 42.1 Å². The predicted octanol–water partition coefficient (Wildman–Crippen LogP) is 3.47. The quantitative estimate of drug-likeness (QED) is 0.843. The molecule has 0 radical (unpaired) electrons. The van der Waals surface area contributed by atoms with Gasteiger partial charge in [-0.1, -0.05) is 49.6 Å². The molecule has 3 nitrogen and oxygen atoms in total. The molecule has 0 saturated heterocycles. The Bertz CT molecular complexity index is 429. The minimum atomic E-state index is -0.803. The molecule has 2 N–H and O–H groups in total. The fourth-order valence-electron chi connectivity index (χ4n) is 2.93. The zero-order chi connectivity index (χ0) is 14.4. The largest absolute Gasteiger partial charge is 0.480 e. The number of rotatable bonds is 6. The van der Waals surface area contributed by atoms with Gasteiger partial charge in [-0.2, -0.15) is 11.8 Å². The highest BCUT2D eigenvalue weighted by Crippen LogP contribution is 2.38. The molecule has 0 aliphatic heterocycles. The maximum Gasteiger partial charge on any atom is 0.325 e. The first-order valence-electron chi connectivity index (χ1n) is 7.23. The second-order valence-electron chi connectivity index (χ2n) is 5.51. The van der Waals surface area contributed by atoms with E-state index in [-0.39, 0.29) is 4.75 Å². The Morgan fingerprint density at radius 3 is 2.50 bits per heavy atom. The Morgan fingerprint density at radius 1 is 1.30 bits per heavy atom. The first kappa shape index (κ1) is 15.4. The second kappa shape index (κ2) is 7.14. The van der Waals surface area contributed by atoms with Gasteiger partial charge in [-0.15, -0.1) is 0 Å². The van der Waals surface area contributed by atoms with E-state index < -0.39 is 12.0 Å². The van der Waals surface area contributed by atoms with Crippen LogP contribution in [-0.2, 0) is 4.79 Å². The molecule has 110 valence electrons. The molecule has 0 aromatic heterocycles. The van der Waals surface area contributed by atoms with Gasteiger partial charge < -0.3 is 5.11 Å². The van der Waals surface area contributed by atoms with Crippen molar-refractivity contribution in [3.05, 3.63) is 35.9 Å². The van der Waals surface area contributed by atoms with Gasteiger partial charge in [0.2, 0.25) is 0 Å². The standard InChI is InChI=1S/C16H23NO2S/c1-20-16(10-6-3-7-11-16)12-17-14(15(18)19)13-8-4-2-5-9-13/h2,4-5,8-9,14,17H,3,6-7,10-12H2,1H3,(H,18,19). The molecule has 20 heavy (non-hydrogen) atoms. The number of hydrogen-bond donors (Lipinski definition) is 2. The normalized spacial score (nSPS) is 19.4. The maximum absolute atomic E-state index is 11.5. The predicted molar refractivity (Wildman–Crippen MR) is 84.2 cm³/mol. The SMILES string of the molecule is CSC1(CNC(C(=O)O)c2ccccc2)CCCCC1. The van der Waals surface area contributed by atoms with Gasteiger partial charge in [0.25, 0.3) is 0 Å². The molecule has 1 fully saturated rings. The fraction of sp³-hybridized carbons (Fsp3) is 0.562. The third kappa shape index (κ3) is 3.76. The zero-order valence-corrected chi connectivity index (χ0v) is 12.8. The summed E-state index contributed by atoms with van der Waals surface area (Å²) in [7, 11) is 0. The summed E-state index contributed by atoms with van der Waals surface area (Å²) in [6, 6.07) is 8.82. The molecule has 1 aromatic rings. The van der Waals surface area contributed by atoms with Crippen LogP contribution in [-0.4, -0.2) is 28.6 Å². The lowest BCUT2D eigenvalue weighted by Gasteiger charge is -2.36. The van der Waals surface area contributed by atoms with Crippen molar-refractivity contribution in [1.29, 1.82) is 0 Å². The van der Waals surface area contributed by atoms with Crippen LogP contribution in [0.15, 0.2) is 30.3 Å². The molecular formula is C16H23NO2S. The summed E-state index contributed by atoms with van der Waals surface area (Å²) in [6.07, 6.45) is 8.33. The Kier molecular flexibility index (Phi) is 5.49. The minimum absolute atomic E-state index is 0.209. The van der Waals surface area contributed by atoms with Crippen LogP contribution in [0.4, 0.5) is 0 Å². The van der Waals surface area contributed by atoms with Gasteiger partial charge in [-0.05, 0) is 24.7 Å². The van der Waals surface area contributed by atoms with Crippen molar-refractivity contribution >= 4 is 17.7 Å². The van der Waals surface area contributed by atoms with Crippen molar-refractivity contribution in [3.63, 3.8) is 0 Å². The average molecular weight is 293 g/mol. The highest BCUT2D eigenvalue weighted by atomic mass is 32.2. The van der Waals surface area contributed by atoms with E-state index >= 15 is 0 Å². The average Bonchev–Trinajstić information content (AvgIpc) is 2.49. The van der Waals surface area contributed by atoms with Crippen LogP contribution in [0.2, 0.25) is 0 Å². The van der Waals surface area contributed by atoms with E-state index in [1.54, 1.807) is 0 Å². The van der Waals surface area contributed by atoms with E-state index in [0.717, 1.165) is 12.1 Å². The van der Waals surface area contributed by atoms with Crippen LogP contribution in [0.5, 0.6) is 0 Å². The van der Waals surface area contributed by atoms with Gasteiger partial charge in [0.15, 0.2) is 0 Å². The molecule has 1 aliphatic carbocycles. The molecule has 0 heterocycles. The Hall–Kier alpha value is -1.00. The van der Waals surface area contributed by atoms with Crippen molar-refractivity contribution in [2.45, 2.75) is 42.9 Å². The molecule has 1 atom stereocenters. The van der Waals surface area contributed by atoms with Gasteiger partial charge in [-0.3, -0.25) is 10.1 Å². The molecular weight excluding hydrogens is 270 g/mol. The Balaban J connectivity index is 2.04. The second-order valence-corrected chi connectivity index (χ2v) is 6.78. The van der Waals surface area contributed by atoms with E-state index in [2.05, 4.69) is 11.6 Å². The molecule has 1 unspecified atom stereocenters. The maximum atomic E-state index is 11.5. The first-order chi connectivity index (χ1) is 9.67. The van der Waals surface area contributed by atoms with Crippen molar-refractivity contribution in [2.75, 3.05) is 12.8 Å². The Labute approximate surface area is 125 Å². The molecule has 4 heteroatoms. The summed E-state index contributed by atoms with van der Waals surface area (Å²) >= 11 is 1.89. The monoisotopic (exact) mass is 293 g/mol. The van der Waals surface area contributed by atoms with Crippen LogP contribution < -0.4 is 5.32 Å². The minimum Gasteiger partial charge on any atom is -0.480 e. The number of nitrogens with one attached hydrogen (secondary N) is 1. The summed E-state index contributed by atoms with van der Waals surface area (Å²) in [5, 5.41) is 12.7. The zero-order valence-electron chi connectivity index (χ0n) is 12.0. The van der Waals surface area contributed by atoms with Crippen LogP contribution in [0, 0.1) is 0 Å². The summed E-state index contributed by atoms with van der Waals surface area (Å²) in [4.78, 5) is 11.5. The number of aliphatic carboxylic acids is 1. The third-order valence-corrected chi connectivity index (χ3v) is 5.62. The number of thioether (sulfide) groups is 1. The van der Waals surface area contributed by atoms with E-state index in [1.165, 1.54) is 32.1 Å². The molecule has 1 aromatic carbocycles. The third-order valence-electron chi connectivity index (χ3n) is 4.21. The highest BCUT2D eigenvalue weighted by Gasteiger charge is 2.32. The fourth-order valence-corrected chi connectivity index (χ4v) is 3.86. The number of benzene rings is 1. The highest BCUT2D eigenvalue weighted by molar-refractivity contribution is 8.00. The van der Waals surface area contributed by atoms with Gasteiger partial charge >= 0.3 is 5.97 Å². The molecule has 1 saturated carbocycles. The molecule has 2 rings (SSSR count). The summed E-state index contributed by atoms with van der Waals surface area (Å²) in [6.45, 7) is 0.764. The van der Waals surface area contributed by atoms with Gasteiger partial charge in [0, 0.05) is 11.3 Å². The van der Waals surface area contributed by atoms with Gasteiger partial charge in [0.1, 0.15) is 6.04 Å². The number of hydrogen-bond acceptors (Lipinski definition) is 3. The lowest BCUT2D eigenvalue weighted by Crippen LogP contribution is -2.42. The van der Waals surface area contributed by atoms with Crippen LogP contribution in [0.3, 0.4) is 0 Å². The molecule has 0 spiro atoms. The van der Waals surface area contributed by atoms with E-state index in [4.69, 9.17) is 0 Å². The molecule has 1 aliphatic rings. The number of carboxylic acid groups (broad SMARTS) is 1. The number of carboxylic acids is 1. The van der Waals surface area contributed by atoms with Crippen molar-refractivity contribution < 1.29 is 9.90 Å². The summed E-state index contributed by atoms with van der Waals surface area (Å²) in [5.41, 5.74) is 0.826. The van der Waals surface area contributed by atoms with Crippen molar-refractivity contribution in [2.24, 2.45) is 0 Å². The topological polar surface area (TPSA) is 49.3 Å². The van der Waals surface area contributed by atoms with Crippen molar-refractivity contribution in [3.8, 4) is 0 Å². The first-order valence-corrected chi connectivity index (χ1v) is 8.46. The van der Waals surface area contributed by atoms with Gasteiger partial charge in [-0.25, -0.2) is 0 Å². The van der Waals surface area contributed by atoms with Crippen molar-refractivity contribution in [1.82, 2.24) is 5.32 Å². The Morgan fingerprint density at radius 2 is 1.95 bits per heavy atom. The van der Waals surface area contributed by atoms with Crippen LogP contribution >= 0.6 is 11.8 Å². The molecule has 0 bridgehead atoms. The summed E-state index contributed by atoms with van der Waals surface area (Å²) in [5.74, 6) is -0.803. The number of carbonyl (C=O) groups is 1. The van der Waals surface area contributed by atoms with Gasteiger partial charge in [0.05, 0.1) is 0 Å². The summed E-state index contributed by atoms with van der Waals surface area (Å²) < 4.78 is 0.209.